The van der Waals surface area contributed by atoms with E-state index in [-0.39, 0.29) is 0 Å². The molecule has 0 spiro atoms. The van der Waals surface area contributed by atoms with Gasteiger partial charge in [0.25, 0.3) is 0 Å². The van der Waals surface area contributed by atoms with Crippen LogP contribution in [-0.2, 0) is 18.1 Å². The molecule has 2 aromatic heterocycles. The van der Waals surface area contributed by atoms with E-state index in [9.17, 15) is 18.3 Å². The first-order chi connectivity index (χ1) is 15.2. The Hall–Kier alpha value is -3.66. The third-order valence-electron chi connectivity index (χ3n) is 5.02. The highest BCUT2D eigenvalue weighted by molar-refractivity contribution is 5.62. The van der Waals surface area contributed by atoms with Crippen LogP contribution in [0.2, 0.25) is 0 Å². The lowest BCUT2D eigenvalue weighted by molar-refractivity contribution is -0.207. The first kappa shape index (κ1) is 21.6. The maximum absolute atomic E-state index is 15.7. The Morgan fingerprint density at radius 3 is 2.16 bits per heavy atom. The van der Waals surface area contributed by atoms with E-state index in [1.807, 2.05) is 0 Å². The average Bonchev–Trinajstić information content (AvgIpc) is 3.27. The van der Waals surface area contributed by atoms with E-state index in [1.54, 1.807) is 0 Å². The number of rotatable bonds is 6. The van der Waals surface area contributed by atoms with Crippen LogP contribution in [0.3, 0.4) is 0 Å². The normalized spacial score (nSPS) is 13.7. The lowest BCUT2D eigenvalue weighted by Crippen LogP contribution is -2.48. The predicted molar refractivity (Wildman–Crippen MR) is 104 cm³/mol. The largest absolute Gasteiger partial charge is 0.377 e. The summed E-state index contributed by atoms with van der Waals surface area (Å²) in [4.78, 5) is 7.41. The summed E-state index contributed by atoms with van der Waals surface area (Å²) in [7, 11) is 0. The molecule has 5 nitrogen and oxygen atoms in total. The summed E-state index contributed by atoms with van der Waals surface area (Å²) in [5.41, 5.74) is -3.89. The highest BCUT2D eigenvalue weighted by Gasteiger charge is 2.57. The van der Waals surface area contributed by atoms with Crippen LogP contribution in [0.5, 0.6) is 0 Å². The van der Waals surface area contributed by atoms with Crippen molar-refractivity contribution in [2.75, 3.05) is 0 Å². The predicted octanol–water partition coefficient (Wildman–Crippen LogP) is 4.44. The summed E-state index contributed by atoms with van der Waals surface area (Å²) in [6.07, 6.45) is 3.27. The number of hydrogen-bond acceptors (Lipinski definition) is 4. The van der Waals surface area contributed by atoms with Crippen molar-refractivity contribution in [3.05, 3.63) is 102 Å². The quantitative estimate of drug-likeness (QED) is 0.445. The van der Waals surface area contributed by atoms with Crippen molar-refractivity contribution >= 4 is 0 Å². The minimum Gasteiger partial charge on any atom is -0.377 e. The Labute approximate surface area is 178 Å². The van der Waals surface area contributed by atoms with E-state index in [0.717, 1.165) is 41.7 Å². The Morgan fingerprint density at radius 1 is 0.875 bits per heavy atom. The van der Waals surface area contributed by atoms with Gasteiger partial charge in [-0.1, -0.05) is 18.2 Å². The summed E-state index contributed by atoms with van der Waals surface area (Å²) < 4.78 is 73.3. The lowest BCUT2D eigenvalue weighted by Gasteiger charge is -2.36. The molecular formula is C22H15F5N4O. The van der Waals surface area contributed by atoms with Gasteiger partial charge in [0.2, 0.25) is 0 Å². The van der Waals surface area contributed by atoms with E-state index in [1.165, 1.54) is 30.3 Å². The molecule has 4 rings (SSSR count). The molecule has 32 heavy (non-hydrogen) atoms. The van der Waals surface area contributed by atoms with Gasteiger partial charge in [0, 0.05) is 23.4 Å². The molecule has 2 aromatic carbocycles. The molecule has 0 aliphatic heterocycles. The Morgan fingerprint density at radius 2 is 1.56 bits per heavy atom. The Bertz CT molecular complexity index is 1210. The molecule has 0 saturated heterocycles. The monoisotopic (exact) mass is 446 g/mol. The number of aromatic nitrogens is 4. The molecule has 0 aliphatic carbocycles. The third kappa shape index (κ3) is 3.84. The molecule has 10 heteroatoms. The van der Waals surface area contributed by atoms with Crippen LogP contribution in [-0.4, -0.2) is 24.9 Å². The van der Waals surface area contributed by atoms with Gasteiger partial charge >= 0.3 is 5.92 Å². The van der Waals surface area contributed by atoms with Gasteiger partial charge < -0.3 is 5.11 Å². The summed E-state index contributed by atoms with van der Waals surface area (Å²) in [5, 5.41) is 14.8. The minimum absolute atomic E-state index is 0.406. The molecule has 1 unspecified atom stereocenters. The van der Waals surface area contributed by atoms with Crippen molar-refractivity contribution in [3.8, 4) is 11.1 Å². The van der Waals surface area contributed by atoms with Gasteiger partial charge in [-0.2, -0.15) is 13.9 Å². The lowest BCUT2D eigenvalue weighted by atomic mass is 9.84. The van der Waals surface area contributed by atoms with Crippen LogP contribution in [0.1, 0.15) is 11.3 Å². The maximum Gasteiger partial charge on any atom is 0.323 e. The fourth-order valence-corrected chi connectivity index (χ4v) is 3.33. The molecule has 0 bridgehead atoms. The maximum atomic E-state index is 15.7. The number of pyridine rings is 1. The van der Waals surface area contributed by atoms with Gasteiger partial charge in [-0.25, -0.2) is 22.8 Å². The van der Waals surface area contributed by atoms with Crippen LogP contribution in [0.15, 0.2) is 73.4 Å². The van der Waals surface area contributed by atoms with Crippen molar-refractivity contribution in [2.24, 2.45) is 0 Å². The SMILES string of the molecule is OC(Cn1cncn1)(c1ccc(F)cc1F)C(F)(F)c1ccc(-c2ccc(F)cc2)cn1. The molecule has 1 N–H and O–H groups in total. The second-order valence-electron chi connectivity index (χ2n) is 7.09. The smallest absolute Gasteiger partial charge is 0.323 e. The highest BCUT2D eigenvalue weighted by Crippen LogP contribution is 2.46. The second kappa shape index (κ2) is 8.12. The molecule has 0 fully saturated rings. The number of benzene rings is 2. The minimum atomic E-state index is -4.13. The van der Waals surface area contributed by atoms with E-state index < -0.39 is 46.8 Å². The molecule has 0 radical (unpaired) electrons. The van der Waals surface area contributed by atoms with Crippen molar-refractivity contribution in [1.82, 2.24) is 19.7 Å². The standard InChI is InChI=1S/C22H15F5N4O/c23-16-4-1-14(2-5-16)15-3-8-20(29-10-15)22(26,27)21(32,11-31-13-28-12-30-31)18-7-6-17(24)9-19(18)25/h1-10,12-13,32H,11H2. The van der Waals surface area contributed by atoms with E-state index in [4.69, 9.17) is 0 Å². The molecule has 164 valence electrons. The van der Waals surface area contributed by atoms with Crippen molar-refractivity contribution < 1.29 is 27.1 Å². The highest BCUT2D eigenvalue weighted by atomic mass is 19.3. The molecule has 0 saturated carbocycles. The number of alkyl halides is 2. The van der Waals surface area contributed by atoms with Gasteiger partial charge in [-0.05, 0) is 35.9 Å². The molecule has 0 aliphatic rings. The molecular weight excluding hydrogens is 431 g/mol. The Balaban J connectivity index is 1.78. The Kier molecular flexibility index (Phi) is 5.47. The van der Waals surface area contributed by atoms with Crippen molar-refractivity contribution in [3.63, 3.8) is 0 Å². The van der Waals surface area contributed by atoms with Gasteiger partial charge in [0.15, 0.2) is 5.60 Å². The number of halogens is 5. The summed E-state index contributed by atoms with van der Waals surface area (Å²) in [6, 6.07) is 9.57. The summed E-state index contributed by atoms with van der Waals surface area (Å²) in [5.74, 6) is -6.92. The zero-order valence-corrected chi connectivity index (χ0v) is 16.3. The summed E-state index contributed by atoms with van der Waals surface area (Å²) in [6.45, 7) is -0.885. The molecule has 4 aromatic rings. The van der Waals surface area contributed by atoms with Crippen molar-refractivity contribution in [2.45, 2.75) is 18.1 Å². The zero-order valence-electron chi connectivity index (χ0n) is 16.3. The van der Waals surface area contributed by atoms with Crippen LogP contribution >= 0.6 is 0 Å². The third-order valence-corrected chi connectivity index (χ3v) is 5.02. The summed E-state index contributed by atoms with van der Waals surface area (Å²) >= 11 is 0. The van der Waals surface area contributed by atoms with Gasteiger partial charge in [-0.15, -0.1) is 0 Å². The van der Waals surface area contributed by atoms with E-state index in [0.29, 0.717) is 17.2 Å². The average molecular weight is 446 g/mol. The van der Waals surface area contributed by atoms with Gasteiger partial charge in [-0.3, -0.25) is 4.98 Å². The fraction of sp³-hybridized carbons (Fsp3) is 0.136. The second-order valence-corrected chi connectivity index (χ2v) is 7.09. The van der Waals surface area contributed by atoms with E-state index in [2.05, 4.69) is 15.1 Å². The number of hydrogen-bond donors (Lipinski definition) is 1. The molecule has 0 amide bonds. The topological polar surface area (TPSA) is 63.8 Å². The van der Waals surface area contributed by atoms with Gasteiger partial charge in [0.1, 0.15) is 35.8 Å². The first-order valence-electron chi connectivity index (χ1n) is 9.31. The fourth-order valence-electron chi connectivity index (χ4n) is 3.33. The van der Waals surface area contributed by atoms with Crippen molar-refractivity contribution in [1.29, 1.82) is 0 Å². The van der Waals surface area contributed by atoms with Crippen LogP contribution in [0, 0.1) is 17.5 Å². The van der Waals surface area contributed by atoms with Crippen LogP contribution in [0.4, 0.5) is 22.0 Å². The van der Waals surface area contributed by atoms with Crippen LogP contribution in [0.25, 0.3) is 11.1 Å². The molecule has 2 heterocycles. The van der Waals surface area contributed by atoms with Crippen LogP contribution < -0.4 is 0 Å². The zero-order chi connectivity index (χ0) is 22.9. The van der Waals surface area contributed by atoms with Gasteiger partial charge in [0.05, 0.1) is 6.54 Å². The van der Waals surface area contributed by atoms with E-state index >= 15 is 8.78 Å². The number of nitrogens with zero attached hydrogens (tertiary/aromatic N) is 4. The number of aliphatic hydroxyl groups is 1. The first-order valence-corrected chi connectivity index (χ1v) is 9.31. The molecule has 1 atom stereocenters.